The van der Waals surface area contributed by atoms with Crippen LogP contribution in [0.2, 0.25) is 0 Å². The van der Waals surface area contributed by atoms with Crippen LogP contribution in [0.3, 0.4) is 0 Å². The summed E-state index contributed by atoms with van der Waals surface area (Å²) in [4.78, 5) is 57.5. The molecule has 4 amide bonds. The van der Waals surface area contributed by atoms with Gasteiger partial charge in [-0.1, -0.05) is 72.8 Å². The molecule has 11 heteroatoms. The molecule has 0 aromatic heterocycles. The van der Waals surface area contributed by atoms with Gasteiger partial charge < -0.3 is 34.6 Å². The lowest BCUT2D eigenvalue weighted by Gasteiger charge is -2.31. The summed E-state index contributed by atoms with van der Waals surface area (Å²) >= 11 is 0. The Morgan fingerprint density at radius 3 is 2.18 bits per heavy atom. The molecule has 55 heavy (non-hydrogen) atoms. The third-order valence-corrected chi connectivity index (χ3v) is 10.0. The number of rotatable bonds is 5. The lowest BCUT2D eigenvalue weighted by atomic mass is 9.83. The van der Waals surface area contributed by atoms with E-state index >= 15 is 0 Å². The smallest absolute Gasteiger partial charge is 0.258 e. The lowest BCUT2D eigenvalue weighted by molar-refractivity contribution is -0.136. The number of amides is 4. The number of hydrogen-bond acceptors (Lipinski definition) is 7. The summed E-state index contributed by atoms with van der Waals surface area (Å²) < 4.78 is 18.0. The van der Waals surface area contributed by atoms with Crippen LogP contribution in [0.25, 0.3) is 0 Å². The van der Waals surface area contributed by atoms with Crippen LogP contribution in [0.1, 0.15) is 55.7 Å². The Bertz CT molecular complexity index is 1880. The predicted octanol–water partition coefficient (Wildman–Crippen LogP) is 5.84. The maximum absolute atomic E-state index is 14.1. The van der Waals surface area contributed by atoms with Gasteiger partial charge in [0.05, 0.1) is 13.2 Å². The molecule has 288 valence electrons. The van der Waals surface area contributed by atoms with Crippen LogP contribution in [0.4, 0.5) is 5.69 Å². The van der Waals surface area contributed by atoms with Crippen molar-refractivity contribution in [3.8, 4) is 17.2 Å². The molecule has 2 N–H and O–H groups in total. The van der Waals surface area contributed by atoms with Gasteiger partial charge in [-0.05, 0) is 86.4 Å². The first kappa shape index (κ1) is 38.9. The zero-order valence-electron chi connectivity index (χ0n) is 31.4. The van der Waals surface area contributed by atoms with Crippen molar-refractivity contribution in [2.24, 2.45) is 5.92 Å². The number of nitrogens with zero attached hydrogens (tertiary/aromatic N) is 2. The third kappa shape index (κ3) is 11.3. The van der Waals surface area contributed by atoms with Crippen molar-refractivity contribution in [3.05, 3.63) is 120 Å². The molecule has 5 aliphatic rings. The minimum Gasteiger partial charge on any atom is -0.490 e. The number of anilines is 1. The van der Waals surface area contributed by atoms with Gasteiger partial charge in [0.25, 0.3) is 5.91 Å². The van der Waals surface area contributed by atoms with Crippen molar-refractivity contribution < 1.29 is 33.4 Å². The fourth-order valence-corrected chi connectivity index (χ4v) is 7.07. The quantitative estimate of drug-likeness (QED) is 0.263. The molecular weight excluding hydrogens is 697 g/mol. The molecule has 9 rings (SSSR count). The van der Waals surface area contributed by atoms with Crippen LogP contribution < -0.4 is 29.7 Å². The van der Waals surface area contributed by atoms with E-state index in [9.17, 15) is 19.2 Å². The molecule has 0 saturated heterocycles. The van der Waals surface area contributed by atoms with Crippen molar-refractivity contribution in [3.63, 3.8) is 0 Å². The van der Waals surface area contributed by atoms with Crippen molar-refractivity contribution >= 4 is 29.3 Å². The maximum atomic E-state index is 14.1. The van der Waals surface area contributed by atoms with Gasteiger partial charge in [0, 0.05) is 36.8 Å². The minimum atomic E-state index is -0.326. The second kappa shape index (κ2) is 19.5. The number of carbonyl (C=O) groups is 4. The van der Waals surface area contributed by atoms with Gasteiger partial charge >= 0.3 is 0 Å². The molecule has 1 aliphatic carbocycles. The van der Waals surface area contributed by atoms with Crippen LogP contribution in [0.15, 0.2) is 103 Å². The fourth-order valence-electron chi connectivity index (χ4n) is 7.07. The molecule has 4 aromatic rings. The monoisotopic (exact) mass is 746 g/mol. The Balaban J connectivity index is 1.22. The van der Waals surface area contributed by atoms with E-state index in [1.54, 1.807) is 0 Å². The Morgan fingerprint density at radius 1 is 0.727 bits per heavy atom. The van der Waals surface area contributed by atoms with Crippen LogP contribution in [0.5, 0.6) is 17.2 Å². The van der Waals surface area contributed by atoms with Crippen molar-refractivity contribution in [2.45, 2.75) is 64.6 Å². The summed E-state index contributed by atoms with van der Waals surface area (Å²) in [5, 5.41) is 6.09. The highest BCUT2D eigenvalue weighted by molar-refractivity contribution is 5.99. The summed E-state index contributed by atoms with van der Waals surface area (Å²) in [6.07, 6.45) is 3.80. The first-order chi connectivity index (χ1) is 26.8. The van der Waals surface area contributed by atoms with E-state index in [4.69, 9.17) is 14.2 Å². The Morgan fingerprint density at radius 2 is 1.45 bits per heavy atom. The topological polar surface area (TPSA) is 127 Å². The van der Waals surface area contributed by atoms with Gasteiger partial charge in [-0.25, -0.2) is 0 Å². The molecule has 0 unspecified atom stereocenters. The van der Waals surface area contributed by atoms with Crippen LogP contribution in [0, 0.1) is 5.92 Å². The highest BCUT2D eigenvalue weighted by atomic mass is 16.5. The normalized spacial score (nSPS) is 19.4. The van der Waals surface area contributed by atoms with E-state index in [-0.39, 0.29) is 74.9 Å². The Hall–Kier alpha value is -5.84. The molecular formula is C44H50N4O7. The standard InChI is InChI=1S/C44H50N4O7/c1-2-53-39-15-9-12-35-30-54-38-22-18-32(19-23-38)24-25-45-40(49)28-47(27-34-10-5-3-6-11-34)43(52)29-48(37-13-7-4-8-14-37)42(51)26-33-16-20-36(21-17-33)46-41(50)31-55-44(35)39/h3-15,18-19,22-23,33,36H,2,16-17,20-21,24-31H2,1H3,(H,45,49)(H,46,50). The van der Waals surface area contributed by atoms with Crippen LogP contribution in [-0.2, 0) is 38.8 Å². The first-order valence-electron chi connectivity index (χ1n) is 19.2. The first-order valence-corrected chi connectivity index (χ1v) is 19.2. The number of benzene rings is 4. The van der Waals surface area contributed by atoms with E-state index in [0.29, 0.717) is 42.5 Å². The van der Waals surface area contributed by atoms with E-state index in [0.717, 1.165) is 42.4 Å². The second-order valence-corrected chi connectivity index (χ2v) is 14.0. The van der Waals surface area contributed by atoms with Crippen LogP contribution in [-0.4, -0.2) is 67.4 Å². The third-order valence-electron chi connectivity index (χ3n) is 10.0. The Labute approximate surface area is 322 Å². The Kier molecular flexibility index (Phi) is 13.8. The number of para-hydroxylation sites is 2. The van der Waals surface area contributed by atoms with Crippen molar-refractivity contribution in [1.29, 1.82) is 0 Å². The molecule has 4 bridgehead atoms. The average molecular weight is 747 g/mol. The van der Waals surface area contributed by atoms with E-state index in [1.165, 1.54) is 9.80 Å². The van der Waals surface area contributed by atoms with E-state index in [2.05, 4.69) is 10.6 Å². The summed E-state index contributed by atoms with van der Waals surface area (Å²) in [5.41, 5.74) is 3.26. The van der Waals surface area contributed by atoms with Crippen LogP contribution >= 0.6 is 0 Å². The van der Waals surface area contributed by atoms with Gasteiger partial charge in [-0.2, -0.15) is 0 Å². The molecule has 4 heterocycles. The van der Waals surface area contributed by atoms with E-state index < -0.39 is 0 Å². The molecule has 4 aliphatic heterocycles. The number of ether oxygens (including phenoxy) is 3. The van der Waals surface area contributed by atoms with Gasteiger partial charge in [0.1, 0.15) is 18.9 Å². The number of nitrogens with one attached hydrogen (secondary N) is 2. The van der Waals surface area contributed by atoms with Crippen molar-refractivity contribution in [2.75, 3.05) is 37.7 Å². The summed E-state index contributed by atoms with van der Waals surface area (Å²) in [6.45, 7) is 2.61. The lowest BCUT2D eigenvalue weighted by Crippen LogP contribution is -2.47. The van der Waals surface area contributed by atoms with Gasteiger partial charge in [-0.15, -0.1) is 0 Å². The highest BCUT2D eigenvalue weighted by Crippen LogP contribution is 2.33. The average Bonchev–Trinajstić information content (AvgIpc) is 3.20. The van der Waals surface area contributed by atoms with Gasteiger partial charge in [0.2, 0.25) is 17.7 Å². The molecule has 1 fully saturated rings. The minimum absolute atomic E-state index is 0.0394. The molecule has 0 spiro atoms. The molecule has 11 nitrogen and oxygen atoms in total. The maximum Gasteiger partial charge on any atom is 0.258 e. The summed E-state index contributed by atoms with van der Waals surface area (Å²) in [5.74, 6) is 0.774. The zero-order valence-corrected chi connectivity index (χ0v) is 31.4. The van der Waals surface area contributed by atoms with Crippen molar-refractivity contribution in [1.82, 2.24) is 15.5 Å². The fraction of sp³-hybridized carbons (Fsp3) is 0.364. The summed E-state index contributed by atoms with van der Waals surface area (Å²) in [7, 11) is 0. The predicted molar refractivity (Wildman–Crippen MR) is 210 cm³/mol. The van der Waals surface area contributed by atoms with E-state index in [1.807, 2.05) is 110 Å². The zero-order chi connectivity index (χ0) is 38.4. The van der Waals surface area contributed by atoms with Gasteiger partial charge in [0.15, 0.2) is 18.1 Å². The summed E-state index contributed by atoms with van der Waals surface area (Å²) in [6, 6.07) is 31.9. The molecule has 4 aromatic carbocycles. The SMILES string of the molecule is CCOc1cccc2c1OCC(=O)NC1CCC(CC1)CC(=O)N(c1ccccc1)CC(=O)N(Cc1ccccc1)CC(=O)NCCc1ccc(cc1)OC2. The second-order valence-electron chi connectivity index (χ2n) is 14.0. The molecule has 0 radical (unpaired) electrons. The molecule has 0 atom stereocenters. The van der Waals surface area contributed by atoms with Gasteiger partial charge in [-0.3, -0.25) is 19.2 Å². The highest BCUT2D eigenvalue weighted by Gasteiger charge is 2.29. The molecule has 1 saturated carbocycles. The number of carbonyl (C=O) groups excluding carboxylic acids is 4. The largest absolute Gasteiger partial charge is 0.490 e. The number of hydrogen-bond donors (Lipinski definition) is 2.